The quantitative estimate of drug-likeness (QED) is 0.587. The van der Waals surface area contributed by atoms with Crippen molar-refractivity contribution in [3.63, 3.8) is 0 Å². The lowest BCUT2D eigenvalue weighted by Gasteiger charge is -2.47. The van der Waals surface area contributed by atoms with Gasteiger partial charge >= 0.3 is 0 Å². The lowest BCUT2D eigenvalue weighted by atomic mass is 9.87. The van der Waals surface area contributed by atoms with Gasteiger partial charge < -0.3 is 29.9 Å². The maximum absolute atomic E-state index is 10.6. The highest BCUT2D eigenvalue weighted by molar-refractivity contribution is 7.12. The lowest BCUT2D eigenvalue weighted by Crippen LogP contribution is -2.64. The van der Waals surface area contributed by atoms with Crippen LogP contribution in [0.4, 0.5) is 0 Å². The van der Waals surface area contributed by atoms with Gasteiger partial charge in [-0.15, -0.1) is 11.3 Å². The molecule has 3 unspecified atom stereocenters. The van der Waals surface area contributed by atoms with Gasteiger partial charge in [0.25, 0.3) is 0 Å². The van der Waals surface area contributed by atoms with E-state index in [1.807, 2.05) is 18.2 Å². The van der Waals surface area contributed by atoms with Crippen molar-refractivity contribution in [2.45, 2.75) is 50.0 Å². The molecule has 4 N–H and O–H groups in total. The summed E-state index contributed by atoms with van der Waals surface area (Å²) in [4.78, 5) is 2.55. The van der Waals surface area contributed by atoms with Crippen molar-refractivity contribution in [3.05, 3.63) is 57.3 Å². The van der Waals surface area contributed by atoms with Gasteiger partial charge in [-0.2, -0.15) is 0 Å². The Labute approximate surface area is 162 Å². The summed E-state index contributed by atoms with van der Waals surface area (Å²) in [5, 5.41) is 40.3. The van der Waals surface area contributed by atoms with Crippen molar-refractivity contribution in [1.29, 1.82) is 0 Å². The summed E-state index contributed by atoms with van der Waals surface area (Å²) in [7, 11) is 1.36. The topological polar surface area (TPSA) is 99.4 Å². The van der Waals surface area contributed by atoms with Crippen LogP contribution in [0.3, 0.4) is 0 Å². The molecule has 0 saturated carbocycles. The summed E-state index contributed by atoms with van der Waals surface area (Å²) in [5.74, 6) is -1.67. The summed E-state index contributed by atoms with van der Waals surface area (Å²) in [5.41, 5.74) is 1.53. The van der Waals surface area contributed by atoms with E-state index in [0.717, 1.165) is 18.4 Å². The van der Waals surface area contributed by atoms with E-state index in [9.17, 15) is 20.4 Å². The molecule has 1 aromatic heterocycles. The second-order valence-corrected chi connectivity index (χ2v) is 7.99. The molecule has 0 aliphatic carbocycles. The van der Waals surface area contributed by atoms with Crippen molar-refractivity contribution in [1.82, 2.24) is 0 Å². The van der Waals surface area contributed by atoms with Crippen LogP contribution >= 0.6 is 11.3 Å². The minimum atomic E-state index is -1.67. The first-order valence-electron chi connectivity index (χ1n) is 9.00. The summed E-state index contributed by atoms with van der Waals surface area (Å²) < 4.78 is 11.3. The molecule has 0 spiro atoms. The molecule has 3 rings (SSSR count). The van der Waals surface area contributed by atoms with Gasteiger partial charge in [-0.05, 0) is 30.2 Å². The van der Waals surface area contributed by atoms with E-state index in [0.29, 0.717) is 5.56 Å². The number of ether oxygens (including phenoxy) is 2. The number of thiophene rings is 1. The molecule has 148 valence electrons. The molecule has 0 bridgehead atoms. The Bertz CT molecular complexity index is 760. The number of aryl methyl sites for hydroxylation is 1. The SMILES string of the molecule is CCc1ccc(Cc2cccc(C3(OC)OC(CO)[C@@H](O)C(O)[C@H]3O)c2)s1. The highest BCUT2D eigenvalue weighted by atomic mass is 32.1. The molecule has 0 amide bonds. The smallest absolute Gasteiger partial charge is 0.224 e. The minimum absolute atomic E-state index is 0.509. The van der Waals surface area contributed by atoms with Gasteiger partial charge in [0.15, 0.2) is 0 Å². The van der Waals surface area contributed by atoms with E-state index >= 15 is 0 Å². The van der Waals surface area contributed by atoms with Crippen LogP contribution in [0.5, 0.6) is 0 Å². The van der Waals surface area contributed by atoms with Gasteiger partial charge in [0.1, 0.15) is 24.4 Å². The molecule has 1 aliphatic heterocycles. The van der Waals surface area contributed by atoms with E-state index < -0.39 is 36.8 Å². The third-order valence-corrected chi connectivity index (χ3v) is 6.26. The molecule has 2 aromatic rings. The molecule has 1 aliphatic rings. The number of aliphatic hydroxyl groups excluding tert-OH is 4. The molecule has 1 fully saturated rings. The lowest BCUT2D eigenvalue weighted by molar-refractivity contribution is -0.366. The number of benzene rings is 1. The summed E-state index contributed by atoms with van der Waals surface area (Å²) in [6.45, 7) is 1.61. The van der Waals surface area contributed by atoms with Gasteiger partial charge in [-0.3, -0.25) is 0 Å². The maximum atomic E-state index is 10.6. The van der Waals surface area contributed by atoms with Crippen molar-refractivity contribution in [2.24, 2.45) is 0 Å². The van der Waals surface area contributed by atoms with Crippen LogP contribution in [0.25, 0.3) is 0 Å². The highest BCUT2D eigenvalue weighted by Gasteiger charge is 2.55. The zero-order valence-corrected chi connectivity index (χ0v) is 16.2. The number of hydrogen-bond acceptors (Lipinski definition) is 7. The largest absolute Gasteiger partial charge is 0.394 e. The first kappa shape index (κ1) is 20.4. The zero-order chi connectivity index (χ0) is 19.6. The molecule has 1 aromatic carbocycles. The maximum Gasteiger partial charge on any atom is 0.224 e. The van der Waals surface area contributed by atoms with Gasteiger partial charge in [-0.1, -0.05) is 25.1 Å². The molecular weight excluding hydrogens is 368 g/mol. The van der Waals surface area contributed by atoms with E-state index in [1.165, 1.54) is 16.9 Å². The number of methoxy groups -OCH3 is 1. The molecule has 0 radical (unpaired) electrons. The van der Waals surface area contributed by atoms with Crippen LogP contribution in [0, 0.1) is 0 Å². The van der Waals surface area contributed by atoms with Crippen molar-refractivity contribution < 1.29 is 29.9 Å². The normalized spacial score (nSPS) is 31.2. The van der Waals surface area contributed by atoms with Crippen LogP contribution in [-0.2, 0) is 28.1 Å². The molecule has 1 saturated heterocycles. The molecule has 2 heterocycles. The van der Waals surface area contributed by atoms with E-state index in [4.69, 9.17) is 9.47 Å². The van der Waals surface area contributed by atoms with E-state index in [-0.39, 0.29) is 0 Å². The zero-order valence-electron chi connectivity index (χ0n) is 15.4. The Hall–Kier alpha value is -1.32. The molecule has 27 heavy (non-hydrogen) atoms. The van der Waals surface area contributed by atoms with Crippen molar-refractivity contribution in [3.8, 4) is 0 Å². The van der Waals surface area contributed by atoms with Crippen LogP contribution < -0.4 is 0 Å². The molecular formula is C20H26O6S. The number of rotatable bonds is 6. The van der Waals surface area contributed by atoms with Gasteiger partial charge in [0, 0.05) is 28.8 Å². The van der Waals surface area contributed by atoms with E-state index in [2.05, 4.69) is 19.1 Å². The Morgan fingerprint density at radius 3 is 2.48 bits per heavy atom. The number of hydrogen-bond donors (Lipinski definition) is 4. The fourth-order valence-electron chi connectivity index (χ4n) is 3.47. The van der Waals surface area contributed by atoms with Gasteiger partial charge in [0.2, 0.25) is 5.79 Å². The summed E-state index contributed by atoms with van der Waals surface area (Å²) >= 11 is 1.76. The molecule has 7 heteroatoms. The second kappa shape index (κ2) is 8.36. The van der Waals surface area contributed by atoms with Gasteiger partial charge in [-0.25, -0.2) is 0 Å². The molecule has 6 nitrogen and oxygen atoms in total. The van der Waals surface area contributed by atoms with E-state index in [1.54, 1.807) is 17.4 Å². The number of aliphatic hydroxyl groups is 4. The Morgan fingerprint density at radius 2 is 1.85 bits per heavy atom. The Balaban J connectivity index is 1.93. The predicted octanol–water partition coefficient (Wildman–Crippen LogP) is 1.17. The minimum Gasteiger partial charge on any atom is -0.394 e. The van der Waals surface area contributed by atoms with Crippen molar-refractivity contribution in [2.75, 3.05) is 13.7 Å². The van der Waals surface area contributed by atoms with Gasteiger partial charge in [0.05, 0.1) is 6.61 Å². The third-order valence-electron chi connectivity index (χ3n) is 5.03. The van der Waals surface area contributed by atoms with Crippen molar-refractivity contribution >= 4 is 11.3 Å². The Kier molecular flexibility index (Phi) is 6.32. The van der Waals surface area contributed by atoms with Crippen LogP contribution in [0.1, 0.15) is 27.8 Å². The average molecular weight is 394 g/mol. The highest BCUT2D eigenvalue weighted by Crippen LogP contribution is 2.39. The monoisotopic (exact) mass is 394 g/mol. The van der Waals surface area contributed by atoms with Crippen LogP contribution in [0.15, 0.2) is 36.4 Å². The fraction of sp³-hybridized carbons (Fsp3) is 0.500. The third kappa shape index (κ3) is 3.82. The first-order chi connectivity index (χ1) is 12.9. The standard InChI is InChI=1S/C20H26O6S/c1-3-14-7-8-15(27-14)10-12-5-4-6-13(9-12)20(25-2)19(24)18(23)17(22)16(11-21)26-20/h4-9,16-19,21-24H,3,10-11H2,1-2H3/t16?,17-,18?,19-,20?/m1/s1. The summed E-state index contributed by atoms with van der Waals surface area (Å²) in [6, 6.07) is 11.6. The Morgan fingerprint density at radius 1 is 1.11 bits per heavy atom. The fourth-order valence-corrected chi connectivity index (χ4v) is 4.47. The first-order valence-corrected chi connectivity index (χ1v) is 9.81. The van der Waals surface area contributed by atoms with Crippen LogP contribution in [-0.4, -0.2) is 58.6 Å². The summed E-state index contributed by atoms with van der Waals surface area (Å²) in [6.07, 6.45) is -3.78. The molecule has 5 atom stereocenters. The van der Waals surface area contributed by atoms with Crippen LogP contribution in [0.2, 0.25) is 0 Å². The average Bonchev–Trinajstić information content (AvgIpc) is 3.14. The second-order valence-electron chi connectivity index (χ2n) is 6.74. The predicted molar refractivity (Wildman–Crippen MR) is 102 cm³/mol.